The summed E-state index contributed by atoms with van der Waals surface area (Å²) in [5.41, 5.74) is 0.415. The summed E-state index contributed by atoms with van der Waals surface area (Å²) in [4.78, 5) is 31.2. The van der Waals surface area contributed by atoms with Gasteiger partial charge in [0.15, 0.2) is 0 Å². The highest BCUT2D eigenvalue weighted by Gasteiger charge is 2.30. The maximum atomic E-state index is 12.8. The van der Waals surface area contributed by atoms with Crippen LogP contribution < -0.4 is 11.2 Å². The van der Waals surface area contributed by atoms with E-state index in [1.807, 2.05) is 6.92 Å². The fraction of sp³-hybridized carbons (Fsp3) is 0.562. The molecule has 23 heavy (non-hydrogen) atoms. The van der Waals surface area contributed by atoms with Crippen molar-refractivity contribution in [2.75, 3.05) is 13.7 Å². The standard InChI is InChI=1S/C16H20FN3O2S/c1-10-12(9-18-2)23-15-13(10)14(21)20(11-5-6-11)16(22)19(15)8-4-3-7-17/h9,11H,3-8H2,1-2H3. The number of fused-ring (bicyclic) bond motifs is 1. The van der Waals surface area contributed by atoms with E-state index in [2.05, 4.69) is 4.99 Å². The molecule has 2 heterocycles. The third-order valence-corrected chi connectivity index (χ3v) is 5.45. The van der Waals surface area contributed by atoms with E-state index in [1.54, 1.807) is 17.8 Å². The number of nitrogens with zero attached hydrogens (tertiary/aromatic N) is 3. The molecule has 0 aromatic carbocycles. The van der Waals surface area contributed by atoms with Crippen molar-refractivity contribution in [3.63, 3.8) is 0 Å². The number of aryl methyl sites for hydroxylation is 2. The SMILES string of the molecule is CN=Cc1sc2c(c1C)c(=O)n(C1CC1)c(=O)n2CCCCF. The van der Waals surface area contributed by atoms with E-state index in [1.165, 1.54) is 15.9 Å². The number of aromatic nitrogens is 2. The Morgan fingerprint density at radius 2 is 2.09 bits per heavy atom. The van der Waals surface area contributed by atoms with Gasteiger partial charge in [-0.2, -0.15) is 0 Å². The molecule has 0 aliphatic heterocycles. The number of aliphatic imine (C=N–C) groups is 1. The largest absolute Gasteiger partial charge is 0.332 e. The molecule has 1 aliphatic rings. The summed E-state index contributed by atoms with van der Waals surface area (Å²) in [7, 11) is 1.68. The van der Waals surface area contributed by atoms with E-state index < -0.39 is 6.67 Å². The number of halogens is 1. The van der Waals surface area contributed by atoms with Gasteiger partial charge in [-0.15, -0.1) is 11.3 Å². The first-order valence-corrected chi connectivity index (χ1v) is 8.68. The molecular formula is C16H20FN3O2S. The van der Waals surface area contributed by atoms with Crippen LogP contribution in [0.15, 0.2) is 14.6 Å². The van der Waals surface area contributed by atoms with Gasteiger partial charge >= 0.3 is 5.69 Å². The maximum absolute atomic E-state index is 12.8. The minimum absolute atomic E-state index is 0.0226. The molecule has 2 aromatic rings. The topological polar surface area (TPSA) is 56.4 Å². The van der Waals surface area contributed by atoms with Gasteiger partial charge in [-0.05, 0) is 38.2 Å². The van der Waals surface area contributed by atoms with Crippen LogP contribution in [-0.4, -0.2) is 29.1 Å². The van der Waals surface area contributed by atoms with E-state index >= 15 is 0 Å². The van der Waals surface area contributed by atoms with Gasteiger partial charge < -0.3 is 0 Å². The normalized spacial score (nSPS) is 15.1. The number of alkyl halides is 1. The van der Waals surface area contributed by atoms with E-state index in [-0.39, 0.29) is 17.3 Å². The Kier molecular flexibility index (Phi) is 4.48. The Balaban J connectivity index is 2.27. The molecule has 7 heteroatoms. The Labute approximate surface area is 137 Å². The maximum Gasteiger partial charge on any atom is 0.332 e. The molecule has 0 spiro atoms. The van der Waals surface area contributed by atoms with Crippen molar-refractivity contribution in [1.29, 1.82) is 0 Å². The van der Waals surface area contributed by atoms with Gasteiger partial charge in [0.1, 0.15) is 4.83 Å². The fourth-order valence-corrected chi connectivity index (χ4v) is 4.08. The third-order valence-electron chi connectivity index (χ3n) is 4.20. The van der Waals surface area contributed by atoms with Gasteiger partial charge in [0.25, 0.3) is 5.56 Å². The summed E-state index contributed by atoms with van der Waals surface area (Å²) in [6.45, 7) is 1.94. The molecule has 3 rings (SSSR count). The van der Waals surface area contributed by atoms with E-state index in [0.29, 0.717) is 29.6 Å². The highest BCUT2D eigenvalue weighted by Crippen LogP contribution is 2.34. The molecule has 0 radical (unpaired) electrons. The zero-order valence-corrected chi connectivity index (χ0v) is 14.2. The van der Waals surface area contributed by atoms with E-state index in [4.69, 9.17) is 0 Å². The Morgan fingerprint density at radius 1 is 1.35 bits per heavy atom. The van der Waals surface area contributed by atoms with Gasteiger partial charge in [0.05, 0.1) is 16.9 Å². The molecular weight excluding hydrogens is 317 g/mol. The fourth-order valence-electron chi connectivity index (χ4n) is 2.84. The van der Waals surface area contributed by atoms with Crippen LogP contribution in [0.25, 0.3) is 10.2 Å². The zero-order valence-electron chi connectivity index (χ0n) is 13.3. The summed E-state index contributed by atoms with van der Waals surface area (Å²) in [6.07, 6.45) is 4.47. The van der Waals surface area contributed by atoms with Gasteiger partial charge in [0, 0.05) is 25.8 Å². The molecule has 124 valence electrons. The Hall–Kier alpha value is -1.76. The van der Waals surface area contributed by atoms with Crippen LogP contribution in [0.3, 0.4) is 0 Å². The Morgan fingerprint density at radius 3 is 2.70 bits per heavy atom. The van der Waals surface area contributed by atoms with Crippen molar-refractivity contribution in [2.24, 2.45) is 4.99 Å². The van der Waals surface area contributed by atoms with Crippen LogP contribution in [0.4, 0.5) is 4.39 Å². The summed E-state index contributed by atoms with van der Waals surface area (Å²) in [5.74, 6) is 0. The summed E-state index contributed by atoms with van der Waals surface area (Å²) < 4.78 is 15.4. The van der Waals surface area contributed by atoms with E-state index in [9.17, 15) is 14.0 Å². The first-order chi connectivity index (χ1) is 11.1. The highest BCUT2D eigenvalue weighted by molar-refractivity contribution is 7.20. The monoisotopic (exact) mass is 337 g/mol. The second kappa shape index (κ2) is 6.39. The number of unbranched alkanes of at least 4 members (excludes halogenated alkanes) is 1. The highest BCUT2D eigenvalue weighted by atomic mass is 32.1. The third kappa shape index (κ3) is 2.78. The van der Waals surface area contributed by atoms with Crippen LogP contribution in [0, 0.1) is 6.92 Å². The molecule has 0 unspecified atom stereocenters. The van der Waals surface area contributed by atoms with Crippen molar-refractivity contribution < 1.29 is 4.39 Å². The smallest absolute Gasteiger partial charge is 0.295 e. The molecule has 1 saturated carbocycles. The minimum atomic E-state index is -0.391. The average Bonchev–Trinajstić information content (AvgIpc) is 3.29. The molecule has 0 saturated heterocycles. The minimum Gasteiger partial charge on any atom is -0.295 e. The van der Waals surface area contributed by atoms with Gasteiger partial charge in [0.2, 0.25) is 0 Å². The second-order valence-corrected chi connectivity index (χ2v) is 6.93. The average molecular weight is 337 g/mol. The lowest BCUT2D eigenvalue weighted by molar-refractivity contribution is 0.443. The lowest BCUT2D eigenvalue weighted by Crippen LogP contribution is -2.39. The quantitative estimate of drug-likeness (QED) is 0.601. The first kappa shape index (κ1) is 16.1. The predicted octanol–water partition coefficient (Wildman–Crippen LogP) is 2.67. The number of hydrogen-bond donors (Lipinski definition) is 0. The van der Waals surface area contributed by atoms with Crippen molar-refractivity contribution in [1.82, 2.24) is 9.13 Å². The predicted molar refractivity (Wildman–Crippen MR) is 92.1 cm³/mol. The molecule has 2 aromatic heterocycles. The van der Waals surface area contributed by atoms with Gasteiger partial charge in [-0.25, -0.2) is 4.79 Å². The molecule has 0 N–H and O–H groups in total. The lowest BCUT2D eigenvalue weighted by atomic mass is 10.2. The van der Waals surface area contributed by atoms with Crippen molar-refractivity contribution in [3.8, 4) is 0 Å². The van der Waals surface area contributed by atoms with Crippen molar-refractivity contribution in [2.45, 2.75) is 45.2 Å². The lowest BCUT2D eigenvalue weighted by Gasteiger charge is -2.11. The summed E-state index contributed by atoms with van der Waals surface area (Å²) >= 11 is 1.41. The van der Waals surface area contributed by atoms with Gasteiger partial charge in [-0.3, -0.25) is 23.3 Å². The summed E-state index contributed by atoms with van der Waals surface area (Å²) in [6, 6.07) is 0.0226. The first-order valence-electron chi connectivity index (χ1n) is 7.86. The van der Waals surface area contributed by atoms with Crippen LogP contribution in [0.1, 0.15) is 42.2 Å². The molecule has 1 fully saturated rings. The van der Waals surface area contributed by atoms with Crippen LogP contribution in [0.5, 0.6) is 0 Å². The number of rotatable bonds is 6. The van der Waals surface area contributed by atoms with Crippen LogP contribution in [0.2, 0.25) is 0 Å². The zero-order chi connectivity index (χ0) is 16.6. The Bertz CT molecular complexity index is 874. The molecule has 0 atom stereocenters. The second-order valence-electron chi connectivity index (χ2n) is 5.90. The molecule has 0 bridgehead atoms. The number of thiophene rings is 1. The molecule has 0 amide bonds. The molecule has 1 aliphatic carbocycles. The molecule has 5 nitrogen and oxygen atoms in total. The summed E-state index contributed by atoms with van der Waals surface area (Å²) in [5, 5.41) is 0.608. The van der Waals surface area contributed by atoms with Crippen molar-refractivity contribution >= 4 is 27.8 Å². The van der Waals surface area contributed by atoms with Gasteiger partial charge in [-0.1, -0.05) is 0 Å². The number of hydrogen-bond acceptors (Lipinski definition) is 4. The van der Waals surface area contributed by atoms with Crippen molar-refractivity contribution in [3.05, 3.63) is 31.3 Å². The van der Waals surface area contributed by atoms with E-state index in [0.717, 1.165) is 23.3 Å². The van der Waals surface area contributed by atoms with Crippen LogP contribution >= 0.6 is 11.3 Å². The van der Waals surface area contributed by atoms with Crippen LogP contribution in [-0.2, 0) is 6.54 Å².